The highest BCUT2D eigenvalue weighted by Crippen LogP contribution is 2.27. The average molecular weight is 307 g/mol. The molecule has 0 saturated carbocycles. The Hall–Kier alpha value is -2.41. The highest BCUT2D eigenvalue weighted by Gasteiger charge is 2.27. The number of hydrogen-bond acceptors (Lipinski definition) is 5. The van der Waals surface area contributed by atoms with Crippen LogP contribution in [0.5, 0.6) is 5.75 Å². The summed E-state index contributed by atoms with van der Waals surface area (Å²) in [6, 6.07) is 10.1. The Balaban J connectivity index is 2.46. The Morgan fingerprint density at radius 3 is 2.19 bits per heavy atom. The lowest BCUT2D eigenvalue weighted by molar-refractivity contribution is -0.387. The quantitative estimate of drug-likeness (QED) is 0.492. The van der Waals surface area contributed by atoms with Gasteiger partial charge in [-0.15, -0.1) is 0 Å². The van der Waals surface area contributed by atoms with Crippen molar-refractivity contribution >= 4 is 15.8 Å². The zero-order valence-corrected chi connectivity index (χ0v) is 12.3. The molecular formula is C14H13NO5S. The molecule has 0 amide bonds. The third-order valence-electron chi connectivity index (χ3n) is 2.73. The van der Waals surface area contributed by atoms with E-state index in [0.717, 1.165) is 23.3 Å². The Kier molecular flexibility index (Phi) is 3.95. The van der Waals surface area contributed by atoms with Gasteiger partial charge < -0.3 is 4.18 Å². The molecule has 0 aliphatic rings. The lowest BCUT2D eigenvalue weighted by atomic mass is 10.1. The SMILES string of the molecule is Cc1cc(C)cc(OS(=O)(=O)c2ccccc2[N+](=O)[O-])c1. The molecule has 0 aliphatic carbocycles. The van der Waals surface area contributed by atoms with Crippen LogP contribution >= 0.6 is 0 Å². The van der Waals surface area contributed by atoms with Gasteiger partial charge in [-0.2, -0.15) is 8.42 Å². The van der Waals surface area contributed by atoms with Crippen LogP contribution in [0.4, 0.5) is 5.69 Å². The van der Waals surface area contributed by atoms with Crippen LogP contribution in [0, 0.1) is 24.0 Å². The second kappa shape index (κ2) is 5.53. The summed E-state index contributed by atoms with van der Waals surface area (Å²) in [6.45, 7) is 3.61. The van der Waals surface area contributed by atoms with E-state index in [1.807, 2.05) is 6.07 Å². The van der Waals surface area contributed by atoms with E-state index < -0.39 is 25.6 Å². The summed E-state index contributed by atoms with van der Waals surface area (Å²) in [5.41, 5.74) is 1.16. The molecule has 110 valence electrons. The summed E-state index contributed by atoms with van der Waals surface area (Å²) >= 11 is 0. The van der Waals surface area contributed by atoms with Crippen LogP contribution < -0.4 is 4.18 Å². The van der Waals surface area contributed by atoms with E-state index in [9.17, 15) is 18.5 Å². The van der Waals surface area contributed by atoms with Crippen LogP contribution in [0.15, 0.2) is 47.4 Å². The topological polar surface area (TPSA) is 86.5 Å². The molecule has 0 N–H and O–H groups in total. The normalized spacial score (nSPS) is 11.1. The van der Waals surface area contributed by atoms with Crippen LogP contribution in [0.2, 0.25) is 0 Å². The van der Waals surface area contributed by atoms with E-state index in [1.165, 1.54) is 12.1 Å². The van der Waals surface area contributed by atoms with E-state index >= 15 is 0 Å². The van der Waals surface area contributed by atoms with Gasteiger partial charge in [0, 0.05) is 6.07 Å². The second-order valence-electron chi connectivity index (χ2n) is 4.59. The predicted octanol–water partition coefficient (Wildman–Crippen LogP) is 2.98. The standard InChI is InChI=1S/C14H13NO5S/c1-10-7-11(2)9-12(8-10)20-21(18,19)14-6-4-3-5-13(14)15(16)17/h3-9H,1-2H3. The van der Waals surface area contributed by atoms with Crippen molar-refractivity contribution < 1.29 is 17.5 Å². The van der Waals surface area contributed by atoms with E-state index in [4.69, 9.17) is 4.18 Å². The summed E-state index contributed by atoms with van der Waals surface area (Å²) in [5.74, 6) is 0.130. The lowest BCUT2D eigenvalue weighted by Gasteiger charge is -2.09. The molecule has 0 aromatic heterocycles. The number of nitrogens with zero attached hydrogens (tertiary/aromatic N) is 1. The van der Waals surface area contributed by atoms with Crippen molar-refractivity contribution in [2.45, 2.75) is 18.7 Å². The Morgan fingerprint density at radius 2 is 1.62 bits per heavy atom. The summed E-state index contributed by atoms with van der Waals surface area (Å²) in [6.07, 6.45) is 0. The van der Waals surface area contributed by atoms with Crippen molar-refractivity contribution in [2.75, 3.05) is 0 Å². The van der Waals surface area contributed by atoms with Gasteiger partial charge in [-0.05, 0) is 43.2 Å². The molecule has 21 heavy (non-hydrogen) atoms. The fourth-order valence-corrected chi connectivity index (χ4v) is 3.06. The first kappa shape index (κ1) is 15.0. The minimum Gasteiger partial charge on any atom is -0.379 e. The molecule has 0 aliphatic heterocycles. The van der Waals surface area contributed by atoms with Gasteiger partial charge in [0.15, 0.2) is 4.90 Å². The zero-order chi connectivity index (χ0) is 15.6. The van der Waals surface area contributed by atoms with Crippen molar-refractivity contribution in [1.82, 2.24) is 0 Å². The van der Waals surface area contributed by atoms with Gasteiger partial charge in [0.05, 0.1) is 4.92 Å². The zero-order valence-electron chi connectivity index (χ0n) is 11.4. The first-order chi connectivity index (χ1) is 9.79. The van der Waals surface area contributed by atoms with E-state index in [0.29, 0.717) is 0 Å². The van der Waals surface area contributed by atoms with Crippen molar-refractivity contribution in [2.24, 2.45) is 0 Å². The van der Waals surface area contributed by atoms with Gasteiger partial charge in [0.2, 0.25) is 0 Å². The molecule has 2 aromatic rings. The number of benzene rings is 2. The molecule has 2 rings (SSSR count). The molecule has 0 spiro atoms. The Labute approximate surface area is 122 Å². The maximum atomic E-state index is 12.2. The molecule has 2 aromatic carbocycles. The van der Waals surface area contributed by atoms with Gasteiger partial charge in [-0.3, -0.25) is 10.1 Å². The number of nitro benzene ring substituents is 1. The fraction of sp³-hybridized carbons (Fsp3) is 0.143. The van der Waals surface area contributed by atoms with Gasteiger partial charge in [0.1, 0.15) is 5.75 Å². The molecule has 0 bridgehead atoms. The number of rotatable bonds is 4. The minimum atomic E-state index is -4.26. The maximum Gasteiger partial charge on any atom is 0.346 e. The van der Waals surface area contributed by atoms with Crippen LogP contribution in [0.25, 0.3) is 0 Å². The van der Waals surface area contributed by atoms with Crippen LogP contribution in [0.1, 0.15) is 11.1 Å². The predicted molar refractivity (Wildman–Crippen MR) is 76.8 cm³/mol. The van der Waals surface area contributed by atoms with Crippen LogP contribution in [-0.2, 0) is 10.1 Å². The summed E-state index contributed by atoms with van der Waals surface area (Å²) < 4.78 is 29.5. The van der Waals surface area contributed by atoms with Gasteiger partial charge in [-0.25, -0.2) is 0 Å². The Morgan fingerprint density at radius 1 is 1.05 bits per heavy atom. The average Bonchev–Trinajstić information content (AvgIpc) is 2.36. The third kappa shape index (κ3) is 3.38. The Bertz CT molecular complexity index is 779. The van der Waals surface area contributed by atoms with Gasteiger partial charge in [-0.1, -0.05) is 18.2 Å². The third-order valence-corrected chi connectivity index (χ3v) is 4.03. The van der Waals surface area contributed by atoms with Crippen molar-refractivity contribution in [3.8, 4) is 5.75 Å². The molecule has 7 heteroatoms. The molecule has 0 fully saturated rings. The number of nitro groups is 1. The van der Waals surface area contributed by atoms with E-state index in [1.54, 1.807) is 26.0 Å². The molecular weight excluding hydrogens is 294 g/mol. The van der Waals surface area contributed by atoms with Crippen LogP contribution in [-0.4, -0.2) is 13.3 Å². The van der Waals surface area contributed by atoms with Crippen molar-refractivity contribution in [3.05, 3.63) is 63.7 Å². The highest BCUT2D eigenvalue weighted by molar-refractivity contribution is 7.87. The number of aryl methyl sites for hydroxylation is 2. The number of para-hydroxylation sites is 1. The summed E-state index contributed by atoms with van der Waals surface area (Å²) in [7, 11) is -4.26. The van der Waals surface area contributed by atoms with Crippen LogP contribution in [0.3, 0.4) is 0 Å². The maximum absolute atomic E-state index is 12.2. The second-order valence-corrected chi connectivity index (χ2v) is 6.10. The lowest BCUT2D eigenvalue weighted by Crippen LogP contribution is -2.12. The minimum absolute atomic E-state index is 0.130. The molecule has 0 unspecified atom stereocenters. The van der Waals surface area contributed by atoms with E-state index in [2.05, 4.69) is 0 Å². The summed E-state index contributed by atoms with van der Waals surface area (Å²) in [5, 5.41) is 10.9. The molecule has 0 atom stereocenters. The van der Waals surface area contributed by atoms with Crippen molar-refractivity contribution in [3.63, 3.8) is 0 Å². The van der Waals surface area contributed by atoms with Crippen molar-refractivity contribution in [1.29, 1.82) is 0 Å². The fourth-order valence-electron chi connectivity index (χ4n) is 1.97. The highest BCUT2D eigenvalue weighted by atomic mass is 32.2. The van der Waals surface area contributed by atoms with Gasteiger partial charge >= 0.3 is 10.1 Å². The molecule has 0 heterocycles. The molecule has 6 nitrogen and oxygen atoms in total. The van der Waals surface area contributed by atoms with Gasteiger partial charge in [0.25, 0.3) is 5.69 Å². The first-order valence-corrected chi connectivity index (χ1v) is 7.46. The van der Waals surface area contributed by atoms with E-state index in [-0.39, 0.29) is 5.75 Å². The molecule has 0 saturated heterocycles. The summed E-state index contributed by atoms with van der Waals surface area (Å²) in [4.78, 5) is 9.70. The monoisotopic (exact) mass is 307 g/mol. The largest absolute Gasteiger partial charge is 0.379 e. The first-order valence-electron chi connectivity index (χ1n) is 6.06. The molecule has 0 radical (unpaired) electrons. The number of hydrogen-bond donors (Lipinski definition) is 0. The smallest absolute Gasteiger partial charge is 0.346 e.